The fourth-order valence-corrected chi connectivity index (χ4v) is 4.56. The van der Waals surface area contributed by atoms with Gasteiger partial charge in [-0.2, -0.15) is 0 Å². The van der Waals surface area contributed by atoms with Gasteiger partial charge in [0.25, 0.3) is 0 Å². The lowest BCUT2D eigenvalue weighted by molar-refractivity contribution is -0.131. The molecule has 140 valence electrons. The number of amides is 2. The number of halogens is 1. The first kappa shape index (κ1) is 17.8. The number of hydrazine groups is 1. The second-order valence-corrected chi connectivity index (χ2v) is 8.02. The van der Waals surface area contributed by atoms with Crippen molar-refractivity contribution in [3.05, 3.63) is 34.9 Å². The first-order chi connectivity index (χ1) is 12.6. The maximum absolute atomic E-state index is 12.5. The van der Waals surface area contributed by atoms with E-state index in [9.17, 15) is 9.59 Å². The average molecular weight is 377 g/mol. The Bertz CT molecular complexity index is 681. The largest absolute Gasteiger partial charge is 0.352 e. The van der Waals surface area contributed by atoms with Crippen LogP contribution in [0.2, 0.25) is 5.02 Å². The van der Waals surface area contributed by atoms with Crippen molar-refractivity contribution >= 4 is 23.4 Å². The Kier molecular flexibility index (Phi) is 5.16. The number of rotatable bonds is 4. The molecule has 4 atom stereocenters. The summed E-state index contributed by atoms with van der Waals surface area (Å²) < 4.78 is 0. The lowest BCUT2D eigenvalue weighted by Crippen LogP contribution is -2.48. The van der Waals surface area contributed by atoms with Crippen molar-refractivity contribution in [1.82, 2.24) is 21.1 Å². The van der Waals surface area contributed by atoms with Gasteiger partial charge in [0.05, 0.1) is 12.1 Å². The number of likely N-dealkylation sites (tertiary alicyclic amines) is 1. The molecule has 2 amide bonds. The molecule has 1 aromatic carbocycles. The van der Waals surface area contributed by atoms with Crippen LogP contribution in [0.5, 0.6) is 0 Å². The normalized spacial score (nSPS) is 31.1. The topological polar surface area (TPSA) is 73.5 Å². The molecule has 0 spiro atoms. The van der Waals surface area contributed by atoms with Gasteiger partial charge >= 0.3 is 0 Å². The monoisotopic (exact) mass is 376 g/mol. The lowest BCUT2D eigenvalue weighted by Gasteiger charge is -2.32. The third-order valence-corrected chi connectivity index (χ3v) is 6.14. The molecule has 3 fully saturated rings. The Labute approximate surface area is 158 Å². The summed E-state index contributed by atoms with van der Waals surface area (Å²) in [6.07, 6.45) is 5.05. The molecule has 6 nitrogen and oxygen atoms in total. The number of fused-ring (bicyclic) bond motifs is 1. The summed E-state index contributed by atoms with van der Waals surface area (Å²) in [6.45, 7) is 0.947. The molecule has 0 bridgehead atoms. The molecule has 3 aliphatic rings. The van der Waals surface area contributed by atoms with Gasteiger partial charge in [-0.3, -0.25) is 15.0 Å². The van der Waals surface area contributed by atoms with Gasteiger partial charge in [-0.15, -0.1) is 0 Å². The van der Waals surface area contributed by atoms with Crippen molar-refractivity contribution in [3.63, 3.8) is 0 Å². The van der Waals surface area contributed by atoms with Crippen molar-refractivity contribution in [3.8, 4) is 0 Å². The van der Waals surface area contributed by atoms with Crippen LogP contribution in [0.25, 0.3) is 0 Å². The molecule has 1 saturated carbocycles. The van der Waals surface area contributed by atoms with Gasteiger partial charge in [0.1, 0.15) is 0 Å². The van der Waals surface area contributed by atoms with Crippen LogP contribution >= 0.6 is 11.6 Å². The van der Waals surface area contributed by atoms with Crippen LogP contribution in [0.1, 0.15) is 37.7 Å². The zero-order chi connectivity index (χ0) is 18.1. The Morgan fingerprint density at radius 1 is 1.19 bits per heavy atom. The minimum atomic E-state index is -0.278. The predicted molar refractivity (Wildman–Crippen MR) is 98.9 cm³/mol. The molecule has 2 aliphatic heterocycles. The molecule has 0 aromatic heterocycles. The fraction of sp³-hybridized carbons (Fsp3) is 0.579. The molecule has 3 N–H and O–H groups in total. The lowest BCUT2D eigenvalue weighted by atomic mass is 9.84. The number of nitrogens with one attached hydrogen (secondary N) is 3. The van der Waals surface area contributed by atoms with Gasteiger partial charge in [-0.1, -0.05) is 36.6 Å². The van der Waals surface area contributed by atoms with E-state index in [0.717, 1.165) is 18.4 Å². The highest BCUT2D eigenvalue weighted by molar-refractivity contribution is 6.30. The minimum absolute atomic E-state index is 0.0156. The number of carbonyl (C=O) groups excluding carboxylic acids is 2. The van der Waals surface area contributed by atoms with Crippen LogP contribution in [-0.4, -0.2) is 35.5 Å². The molecular weight excluding hydrogens is 352 g/mol. The van der Waals surface area contributed by atoms with E-state index >= 15 is 0 Å². The highest BCUT2D eigenvalue weighted by atomic mass is 35.5. The summed E-state index contributed by atoms with van der Waals surface area (Å²) in [5.74, 6) is 0.187. The molecule has 26 heavy (non-hydrogen) atoms. The van der Waals surface area contributed by atoms with E-state index in [1.165, 1.54) is 12.8 Å². The molecule has 0 radical (unpaired) electrons. The van der Waals surface area contributed by atoms with Crippen molar-refractivity contribution < 1.29 is 9.59 Å². The van der Waals surface area contributed by atoms with E-state index in [1.54, 1.807) is 0 Å². The summed E-state index contributed by atoms with van der Waals surface area (Å²) in [7, 11) is 0. The molecular formula is C19H25ClN4O2. The smallest absolute Gasteiger partial charge is 0.225 e. The third kappa shape index (κ3) is 3.59. The van der Waals surface area contributed by atoms with Crippen LogP contribution in [-0.2, 0) is 16.1 Å². The number of hydrogen-bond acceptors (Lipinski definition) is 4. The van der Waals surface area contributed by atoms with E-state index in [1.807, 2.05) is 29.2 Å². The number of nitrogens with zero attached hydrogens (tertiary/aromatic N) is 1. The van der Waals surface area contributed by atoms with Gasteiger partial charge < -0.3 is 10.2 Å². The van der Waals surface area contributed by atoms with Crippen molar-refractivity contribution in [2.75, 3.05) is 6.54 Å². The molecule has 2 saturated heterocycles. The van der Waals surface area contributed by atoms with Crippen LogP contribution < -0.4 is 16.2 Å². The first-order valence-electron chi connectivity index (χ1n) is 9.44. The number of hydrogen-bond donors (Lipinski definition) is 3. The maximum atomic E-state index is 12.5. The van der Waals surface area contributed by atoms with Crippen molar-refractivity contribution in [1.29, 1.82) is 0 Å². The highest BCUT2D eigenvalue weighted by Crippen LogP contribution is 2.34. The van der Waals surface area contributed by atoms with Crippen LogP contribution in [0.4, 0.5) is 0 Å². The van der Waals surface area contributed by atoms with E-state index in [-0.39, 0.29) is 23.9 Å². The van der Waals surface area contributed by atoms with E-state index in [2.05, 4.69) is 16.2 Å². The van der Waals surface area contributed by atoms with Crippen molar-refractivity contribution in [2.45, 2.75) is 50.9 Å². The molecule has 2 heterocycles. The number of carbonyl (C=O) groups is 2. The third-order valence-electron chi connectivity index (χ3n) is 5.89. The van der Waals surface area contributed by atoms with Gasteiger partial charge in [0.15, 0.2) is 0 Å². The standard InChI is InChI=1S/C19H25ClN4O2/c20-14-7-5-12(6-8-14)10-21-19(26)13-9-17(25)24(11-13)18-15-3-1-2-4-16(15)22-23-18/h5-8,13,15-16,18,22-23H,1-4,9-11H2,(H,21,26). The van der Waals surface area contributed by atoms with Crippen LogP contribution in [0, 0.1) is 11.8 Å². The summed E-state index contributed by atoms with van der Waals surface area (Å²) in [5.41, 5.74) is 7.65. The van der Waals surface area contributed by atoms with Gasteiger partial charge in [-0.05, 0) is 30.5 Å². The van der Waals surface area contributed by atoms with E-state index in [0.29, 0.717) is 36.5 Å². The fourth-order valence-electron chi connectivity index (χ4n) is 4.44. The van der Waals surface area contributed by atoms with Gasteiger partial charge in [0, 0.05) is 36.5 Å². The van der Waals surface area contributed by atoms with Gasteiger partial charge in [-0.25, -0.2) is 5.43 Å². The zero-order valence-corrected chi connectivity index (χ0v) is 15.5. The summed E-state index contributed by atoms with van der Waals surface area (Å²) >= 11 is 5.88. The van der Waals surface area contributed by atoms with Gasteiger partial charge in [0.2, 0.25) is 11.8 Å². The summed E-state index contributed by atoms with van der Waals surface area (Å²) in [4.78, 5) is 26.9. The Morgan fingerprint density at radius 3 is 2.77 bits per heavy atom. The highest BCUT2D eigenvalue weighted by Gasteiger charge is 2.46. The Morgan fingerprint density at radius 2 is 1.96 bits per heavy atom. The van der Waals surface area contributed by atoms with Crippen LogP contribution in [0.15, 0.2) is 24.3 Å². The Balaban J connectivity index is 1.33. The molecule has 1 aromatic rings. The average Bonchev–Trinajstić information content (AvgIpc) is 3.24. The SMILES string of the molecule is O=C(NCc1ccc(Cl)cc1)C1CC(=O)N(C2NNC3CCCCC32)C1. The number of benzene rings is 1. The molecule has 1 aliphatic carbocycles. The van der Waals surface area contributed by atoms with Crippen molar-refractivity contribution in [2.24, 2.45) is 11.8 Å². The predicted octanol–water partition coefficient (Wildman–Crippen LogP) is 1.80. The second-order valence-electron chi connectivity index (χ2n) is 7.58. The molecule has 7 heteroatoms. The molecule has 4 unspecified atom stereocenters. The minimum Gasteiger partial charge on any atom is -0.352 e. The van der Waals surface area contributed by atoms with E-state index < -0.39 is 0 Å². The Hall–Kier alpha value is -1.63. The zero-order valence-electron chi connectivity index (χ0n) is 14.7. The quantitative estimate of drug-likeness (QED) is 0.749. The summed E-state index contributed by atoms with van der Waals surface area (Å²) in [5, 5.41) is 3.63. The van der Waals surface area contributed by atoms with E-state index in [4.69, 9.17) is 11.6 Å². The van der Waals surface area contributed by atoms with Crippen LogP contribution in [0.3, 0.4) is 0 Å². The maximum Gasteiger partial charge on any atom is 0.225 e. The first-order valence-corrected chi connectivity index (χ1v) is 9.82. The molecule has 4 rings (SSSR count). The second kappa shape index (κ2) is 7.55. The summed E-state index contributed by atoms with van der Waals surface area (Å²) in [6, 6.07) is 7.85.